The SMILES string of the molecule is CC(C)=CCC(=O)[C@]1(C)CCC/C(=C/CC/C=C2/CCC[C@](C)(C(=O)CC=C(C)C)[C@@H]2O)[C@H]1O. The first kappa shape index (κ1) is 28.5. The molecule has 0 aliphatic heterocycles. The van der Waals surface area contributed by atoms with E-state index in [1.807, 2.05) is 53.7 Å². The van der Waals surface area contributed by atoms with E-state index in [0.717, 1.165) is 73.7 Å². The zero-order valence-electron chi connectivity index (χ0n) is 22.2. The molecular formula is C30H46O4. The summed E-state index contributed by atoms with van der Waals surface area (Å²) in [6.45, 7) is 11.7. The monoisotopic (exact) mass is 470 g/mol. The van der Waals surface area contributed by atoms with E-state index in [4.69, 9.17) is 0 Å². The Labute approximate surface area is 206 Å². The molecule has 2 rings (SSSR count). The standard InChI is InChI=1S/C30H46O4/c1-21(2)15-17-25(31)29(5)19-9-13-23(27(29)33)11-7-8-12-24-14-10-20-30(6,28(24)34)26(32)18-16-22(3)4/h11-12,15-16,27-28,33-34H,7-10,13-14,17-20H2,1-6H3/b23-11-,24-12-/t27-,28-,29-,30+/m1/s1. The fourth-order valence-electron chi connectivity index (χ4n) is 5.29. The number of carbonyl (C=O) groups excluding carboxylic acids is 2. The van der Waals surface area contributed by atoms with Crippen LogP contribution in [0.2, 0.25) is 0 Å². The van der Waals surface area contributed by atoms with Gasteiger partial charge in [-0.3, -0.25) is 9.59 Å². The van der Waals surface area contributed by atoms with Gasteiger partial charge in [-0.2, -0.15) is 0 Å². The van der Waals surface area contributed by atoms with Crippen molar-refractivity contribution in [2.75, 3.05) is 0 Å². The molecule has 34 heavy (non-hydrogen) atoms. The summed E-state index contributed by atoms with van der Waals surface area (Å²) >= 11 is 0. The maximum Gasteiger partial charge on any atom is 0.145 e. The fourth-order valence-corrected chi connectivity index (χ4v) is 5.29. The Morgan fingerprint density at radius 3 is 1.44 bits per heavy atom. The Bertz CT molecular complexity index is 794. The van der Waals surface area contributed by atoms with E-state index in [2.05, 4.69) is 12.2 Å². The number of aliphatic hydroxyl groups excluding tert-OH is 2. The van der Waals surface area contributed by atoms with E-state index < -0.39 is 23.0 Å². The van der Waals surface area contributed by atoms with E-state index in [0.29, 0.717) is 12.8 Å². The van der Waals surface area contributed by atoms with Gasteiger partial charge in [0.1, 0.15) is 11.6 Å². The van der Waals surface area contributed by atoms with Crippen molar-refractivity contribution in [2.24, 2.45) is 10.8 Å². The van der Waals surface area contributed by atoms with Crippen LogP contribution in [0.25, 0.3) is 0 Å². The Kier molecular flexibility index (Phi) is 10.3. The summed E-state index contributed by atoms with van der Waals surface area (Å²) in [5, 5.41) is 22.1. The van der Waals surface area contributed by atoms with Crippen molar-refractivity contribution in [1.82, 2.24) is 0 Å². The van der Waals surface area contributed by atoms with E-state index in [1.165, 1.54) is 0 Å². The van der Waals surface area contributed by atoms with Crippen molar-refractivity contribution in [3.8, 4) is 0 Å². The highest BCUT2D eigenvalue weighted by atomic mass is 16.3. The number of hydrogen-bond acceptors (Lipinski definition) is 4. The van der Waals surface area contributed by atoms with Gasteiger partial charge in [-0.25, -0.2) is 0 Å². The normalized spacial score (nSPS) is 31.9. The average molecular weight is 471 g/mol. The molecule has 2 aliphatic carbocycles. The third-order valence-electron chi connectivity index (χ3n) is 7.88. The highest BCUT2D eigenvalue weighted by molar-refractivity contribution is 5.87. The number of ketones is 2. The Morgan fingerprint density at radius 2 is 1.12 bits per heavy atom. The minimum atomic E-state index is -0.733. The van der Waals surface area contributed by atoms with Crippen LogP contribution < -0.4 is 0 Å². The van der Waals surface area contributed by atoms with Gasteiger partial charge in [-0.05, 0) is 104 Å². The van der Waals surface area contributed by atoms with Gasteiger partial charge >= 0.3 is 0 Å². The highest BCUT2D eigenvalue weighted by Crippen LogP contribution is 2.42. The topological polar surface area (TPSA) is 74.6 Å². The lowest BCUT2D eigenvalue weighted by atomic mass is 9.67. The maximum atomic E-state index is 12.9. The molecule has 0 saturated heterocycles. The van der Waals surface area contributed by atoms with Crippen LogP contribution in [-0.2, 0) is 9.59 Å². The van der Waals surface area contributed by atoms with Crippen LogP contribution >= 0.6 is 0 Å². The van der Waals surface area contributed by atoms with Crippen LogP contribution in [0.4, 0.5) is 0 Å². The number of Topliss-reactive ketones (excluding diaryl/α,β-unsaturated/α-hetero) is 2. The zero-order valence-corrected chi connectivity index (χ0v) is 22.2. The molecule has 2 saturated carbocycles. The summed E-state index contributed by atoms with van der Waals surface area (Å²) in [5.41, 5.74) is 2.71. The molecule has 4 atom stereocenters. The third kappa shape index (κ3) is 6.88. The van der Waals surface area contributed by atoms with Crippen LogP contribution in [0.1, 0.15) is 106 Å². The van der Waals surface area contributed by atoms with Crippen LogP contribution in [0, 0.1) is 10.8 Å². The fraction of sp³-hybridized carbons (Fsp3) is 0.667. The molecule has 0 bridgehead atoms. The molecule has 4 heteroatoms. The number of unbranched alkanes of at least 4 members (excludes halogenated alkanes) is 1. The van der Waals surface area contributed by atoms with Gasteiger partial charge in [0.25, 0.3) is 0 Å². The molecule has 0 amide bonds. The third-order valence-corrected chi connectivity index (χ3v) is 7.88. The average Bonchev–Trinajstić information content (AvgIpc) is 2.78. The molecule has 2 fully saturated rings. The predicted octanol–water partition coefficient (Wildman–Crippen LogP) is 6.57. The zero-order chi connectivity index (χ0) is 25.5. The van der Waals surface area contributed by atoms with Crippen LogP contribution in [0.15, 0.2) is 46.6 Å². The van der Waals surface area contributed by atoms with Gasteiger partial charge in [0, 0.05) is 12.8 Å². The number of hydrogen-bond donors (Lipinski definition) is 2. The molecule has 190 valence electrons. The molecular weight excluding hydrogens is 424 g/mol. The van der Waals surface area contributed by atoms with E-state index >= 15 is 0 Å². The smallest absolute Gasteiger partial charge is 0.145 e. The molecule has 0 aromatic heterocycles. The largest absolute Gasteiger partial charge is 0.388 e. The van der Waals surface area contributed by atoms with E-state index in [-0.39, 0.29) is 11.6 Å². The number of rotatable bonds is 9. The molecule has 0 radical (unpaired) electrons. The summed E-state index contributed by atoms with van der Waals surface area (Å²) in [4.78, 5) is 25.7. The molecule has 2 N–H and O–H groups in total. The minimum absolute atomic E-state index is 0.108. The number of aliphatic hydroxyl groups is 2. The first-order valence-corrected chi connectivity index (χ1v) is 13.0. The van der Waals surface area contributed by atoms with Gasteiger partial charge in [-0.15, -0.1) is 0 Å². The van der Waals surface area contributed by atoms with Crippen molar-refractivity contribution >= 4 is 11.6 Å². The lowest BCUT2D eigenvalue weighted by Crippen LogP contribution is -2.43. The van der Waals surface area contributed by atoms with Crippen molar-refractivity contribution in [3.05, 3.63) is 46.6 Å². The second kappa shape index (κ2) is 12.3. The second-order valence-corrected chi connectivity index (χ2v) is 11.3. The summed E-state index contributed by atoms with van der Waals surface area (Å²) in [6.07, 6.45) is 13.7. The first-order chi connectivity index (χ1) is 15.9. The highest BCUT2D eigenvalue weighted by Gasteiger charge is 2.44. The maximum absolute atomic E-state index is 12.9. The molecule has 0 heterocycles. The van der Waals surface area contributed by atoms with Crippen LogP contribution in [0.3, 0.4) is 0 Å². The summed E-state index contributed by atoms with van der Waals surface area (Å²) in [7, 11) is 0. The van der Waals surface area contributed by atoms with Gasteiger partial charge in [0.15, 0.2) is 0 Å². The molecule has 4 nitrogen and oxygen atoms in total. The van der Waals surface area contributed by atoms with Crippen LogP contribution in [-0.4, -0.2) is 34.0 Å². The van der Waals surface area contributed by atoms with E-state index in [9.17, 15) is 19.8 Å². The molecule has 0 unspecified atom stereocenters. The van der Waals surface area contributed by atoms with Gasteiger partial charge < -0.3 is 10.2 Å². The summed E-state index contributed by atoms with van der Waals surface area (Å²) in [5.74, 6) is 0.215. The van der Waals surface area contributed by atoms with Crippen LogP contribution in [0.5, 0.6) is 0 Å². The Balaban J connectivity index is 2.03. The first-order valence-electron chi connectivity index (χ1n) is 13.0. The predicted molar refractivity (Wildman–Crippen MR) is 139 cm³/mol. The van der Waals surface area contributed by atoms with E-state index in [1.54, 1.807) is 0 Å². The summed E-state index contributed by atoms with van der Waals surface area (Å²) < 4.78 is 0. The molecule has 0 spiro atoms. The van der Waals surface area contributed by atoms with Crippen molar-refractivity contribution in [3.63, 3.8) is 0 Å². The molecule has 2 aliphatic rings. The minimum Gasteiger partial charge on any atom is -0.388 e. The second-order valence-electron chi connectivity index (χ2n) is 11.3. The van der Waals surface area contributed by atoms with Gasteiger partial charge in [0.05, 0.1) is 23.0 Å². The van der Waals surface area contributed by atoms with Crippen molar-refractivity contribution in [2.45, 2.75) is 118 Å². The summed E-state index contributed by atoms with van der Waals surface area (Å²) in [6, 6.07) is 0. The molecule has 0 aromatic carbocycles. The number of carbonyl (C=O) groups is 2. The van der Waals surface area contributed by atoms with Crippen molar-refractivity contribution in [1.29, 1.82) is 0 Å². The Morgan fingerprint density at radius 1 is 0.765 bits per heavy atom. The Hall–Kier alpha value is -1.78. The van der Waals surface area contributed by atoms with Gasteiger partial charge in [-0.1, -0.05) is 35.5 Å². The molecule has 0 aromatic rings. The number of allylic oxidation sites excluding steroid dienone is 6. The lowest BCUT2D eigenvalue weighted by Gasteiger charge is -2.39. The quantitative estimate of drug-likeness (QED) is 0.295. The van der Waals surface area contributed by atoms with Gasteiger partial charge in [0.2, 0.25) is 0 Å². The van der Waals surface area contributed by atoms with Crippen molar-refractivity contribution < 1.29 is 19.8 Å². The lowest BCUT2D eigenvalue weighted by molar-refractivity contribution is -0.134.